The number of thioether (sulfide) groups is 1. The normalized spacial score (nSPS) is 27.2. The van der Waals surface area contributed by atoms with E-state index in [1.807, 2.05) is 0 Å². The SMILES string of the molecule is COCCC(C)C(N)C1CCCCS1. The highest BCUT2D eigenvalue weighted by Gasteiger charge is 2.25. The third-order valence-corrected chi connectivity index (χ3v) is 4.58. The second kappa shape index (κ2) is 6.70. The lowest BCUT2D eigenvalue weighted by atomic mass is 9.94. The van der Waals surface area contributed by atoms with Crippen molar-refractivity contribution in [1.82, 2.24) is 0 Å². The van der Waals surface area contributed by atoms with E-state index in [0.29, 0.717) is 17.2 Å². The van der Waals surface area contributed by atoms with Crippen LogP contribution in [0.4, 0.5) is 0 Å². The van der Waals surface area contributed by atoms with Crippen LogP contribution in [0, 0.1) is 5.92 Å². The topological polar surface area (TPSA) is 35.2 Å². The molecule has 14 heavy (non-hydrogen) atoms. The monoisotopic (exact) mass is 217 g/mol. The van der Waals surface area contributed by atoms with E-state index in [1.54, 1.807) is 7.11 Å². The molecular formula is C11H23NOS. The van der Waals surface area contributed by atoms with E-state index in [2.05, 4.69) is 18.7 Å². The second-order valence-corrected chi connectivity index (χ2v) is 5.59. The molecule has 2 nitrogen and oxygen atoms in total. The highest BCUT2D eigenvalue weighted by Crippen LogP contribution is 2.30. The molecule has 0 spiro atoms. The van der Waals surface area contributed by atoms with Crippen molar-refractivity contribution in [2.75, 3.05) is 19.5 Å². The van der Waals surface area contributed by atoms with Gasteiger partial charge in [-0.1, -0.05) is 13.3 Å². The van der Waals surface area contributed by atoms with Gasteiger partial charge in [-0.3, -0.25) is 0 Å². The Morgan fingerprint density at radius 1 is 1.50 bits per heavy atom. The number of hydrogen-bond donors (Lipinski definition) is 1. The average molecular weight is 217 g/mol. The highest BCUT2D eigenvalue weighted by atomic mass is 32.2. The number of methoxy groups -OCH3 is 1. The Hall–Kier alpha value is 0.270. The fourth-order valence-corrected chi connectivity index (χ4v) is 3.43. The van der Waals surface area contributed by atoms with Gasteiger partial charge < -0.3 is 10.5 Å². The van der Waals surface area contributed by atoms with Crippen LogP contribution in [0.5, 0.6) is 0 Å². The van der Waals surface area contributed by atoms with Crippen molar-refractivity contribution in [3.63, 3.8) is 0 Å². The number of nitrogens with two attached hydrogens (primary N) is 1. The van der Waals surface area contributed by atoms with E-state index in [4.69, 9.17) is 10.5 Å². The Labute approximate surface area is 92.0 Å². The first-order valence-electron chi connectivity index (χ1n) is 5.62. The Bertz CT molecular complexity index is 148. The van der Waals surface area contributed by atoms with E-state index in [-0.39, 0.29) is 0 Å². The predicted octanol–water partition coefficient (Wildman–Crippen LogP) is 2.27. The van der Waals surface area contributed by atoms with Gasteiger partial charge in [-0.2, -0.15) is 11.8 Å². The summed E-state index contributed by atoms with van der Waals surface area (Å²) in [5.41, 5.74) is 6.26. The van der Waals surface area contributed by atoms with E-state index in [1.165, 1.54) is 25.0 Å². The molecule has 0 amide bonds. The Morgan fingerprint density at radius 3 is 2.86 bits per heavy atom. The minimum Gasteiger partial charge on any atom is -0.385 e. The van der Waals surface area contributed by atoms with Gasteiger partial charge in [-0.15, -0.1) is 0 Å². The maximum Gasteiger partial charge on any atom is 0.0465 e. The number of rotatable bonds is 5. The van der Waals surface area contributed by atoms with Gasteiger partial charge in [0.15, 0.2) is 0 Å². The number of hydrogen-bond acceptors (Lipinski definition) is 3. The molecule has 1 aliphatic rings. The van der Waals surface area contributed by atoms with Crippen LogP contribution in [-0.4, -0.2) is 30.8 Å². The van der Waals surface area contributed by atoms with Crippen molar-refractivity contribution in [2.45, 2.75) is 43.9 Å². The molecule has 84 valence electrons. The lowest BCUT2D eigenvalue weighted by Gasteiger charge is -2.31. The van der Waals surface area contributed by atoms with Crippen molar-refractivity contribution < 1.29 is 4.74 Å². The summed E-state index contributed by atoms with van der Waals surface area (Å²) in [6, 6.07) is 0.357. The molecule has 0 bridgehead atoms. The van der Waals surface area contributed by atoms with Crippen molar-refractivity contribution in [3.8, 4) is 0 Å². The van der Waals surface area contributed by atoms with Crippen LogP contribution in [0.2, 0.25) is 0 Å². The molecule has 0 saturated carbocycles. The van der Waals surface area contributed by atoms with E-state index in [9.17, 15) is 0 Å². The lowest BCUT2D eigenvalue weighted by Crippen LogP contribution is -2.40. The minimum absolute atomic E-state index is 0.357. The summed E-state index contributed by atoms with van der Waals surface area (Å²) in [6.07, 6.45) is 5.14. The Morgan fingerprint density at radius 2 is 2.29 bits per heavy atom. The molecule has 0 aromatic carbocycles. The van der Waals surface area contributed by atoms with Crippen LogP contribution in [0.3, 0.4) is 0 Å². The summed E-state index contributed by atoms with van der Waals surface area (Å²) in [7, 11) is 1.76. The Balaban J connectivity index is 2.26. The van der Waals surface area contributed by atoms with Crippen LogP contribution >= 0.6 is 11.8 Å². The van der Waals surface area contributed by atoms with Crippen LogP contribution in [0.1, 0.15) is 32.6 Å². The zero-order valence-corrected chi connectivity index (χ0v) is 10.2. The molecule has 3 heteroatoms. The van der Waals surface area contributed by atoms with Crippen LogP contribution < -0.4 is 5.73 Å². The van der Waals surface area contributed by atoms with Gasteiger partial charge >= 0.3 is 0 Å². The van der Waals surface area contributed by atoms with Crippen molar-refractivity contribution in [2.24, 2.45) is 11.7 Å². The highest BCUT2D eigenvalue weighted by molar-refractivity contribution is 8.00. The lowest BCUT2D eigenvalue weighted by molar-refractivity contribution is 0.173. The molecular weight excluding hydrogens is 194 g/mol. The minimum atomic E-state index is 0.357. The van der Waals surface area contributed by atoms with Gasteiger partial charge in [-0.05, 0) is 30.9 Å². The third-order valence-electron chi connectivity index (χ3n) is 3.08. The molecule has 0 aromatic heterocycles. The smallest absolute Gasteiger partial charge is 0.0465 e. The Kier molecular flexibility index (Phi) is 5.90. The van der Waals surface area contributed by atoms with Crippen LogP contribution in [0.25, 0.3) is 0 Å². The molecule has 3 unspecified atom stereocenters. The predicted molar refractivity (Wildman–Crippen MR) is 63.7 cm³/mol. The maximum absolute atomic E-state index is 6.26. The molecule has 1 fully saturated rings. The molecule has 2 N–H and O–H groups in total. The molecule has 0 aromatic rings. The van der Waals surface area contributed by atoms with Gasteiger partial charge in [0.25, 0.3) is 0 Å². The summed E-state index contributed by atoms with van der Waals surface area (Å²) < 4.78 is 5.09. The zero-order valence-electron chi connectivity index (χ0n) is 9.37. The average Bonchev–Trinajstić information content (AvgIpc) is 2.26. The first-order chi connectivity index (χ1) is 6.75. The van der Waals surface area contributed by atoms with Crippen molar-refractivity contribution in [3.05, 3.63) is 0 Å². The van der Waals surface area contributed by atoms with Crippen molar-refractivity contribution >= 4 is 11.8 Å². The van der Waals surface area contributed by atoms with E-state index < -0.39 is 0 Å². The second-order valence-electron chi connectivity index (χ2n) is 4.24. The van der Waals surface area contributed by atoms with Gasteiger partial charge in [0.05, 0.1) is 0 Å². The standard InChI is InChI=1S/C11H23NOS/c1-9(6-7-13-2)11(12)10-5-3-4-8-14-10/h9-11H,3-8,12H2,1-2H3. The third kappa shape index (κ3) is 3.79. The summed E-state index contributed by atoms with van der Waals surface area (Å²) in [5, 5.41) is 0.690. The van der Waals surface area contributed by atoms with Gasteiger partial charge in [0, 0.05) is 25.0 Å². The first-order valence-corrected chi connectivity index (χ1v) is 6.66. The van der Waals surface area contributed by atoms with Gasteiger partial charge in [0.2, 0.25) is 0 Å². The molecule has 3 atom stereocenters. The molecule has 1 rings (SSSR count). The van der Waals surface area contributed by atoms with Gasteiger partial charge in [-0.25, -0.2) is 0 Å². The summed E-state index contributed by atoms with van der Waals surface area (Å²) in [6.45, 7) is 3.09. The van der Waals surface area contributed by atoms with Crippen LogP contribution in [0.15, 0.2) is 0 Å². The summed E-state index contributed by atoms with van der Waals surface area (Å²) in [5.74, 6) is 1.89. The quantitative estimate of drug-likeness (QED) is 0.767. The maximum atomic E-state index is 6.26. The summed E-state index contributed by atoms with van der Waals surface area (Å²) in [4.78, 5) is 0. The van der Waals surface area contributed by atoms with E-state index in [0.717, 1.165) is 13.0 Å². The fourth-order valence-electron chi connectivity index (χ4n) is 1.93. The zero-order chi connectivity index (χ0) is 10.4. The van der Waals surface area contributed by atoms with Crippen LogP contribution in [-0.2, 0) is 4.74 Å². The number of ether oxygens (including phenoxy) is 1. The molecule has 1 aliphatic heterocycles. The molecule has 0 aliphatic carbocycles. The molecule has 1 saturated heterocycles. The van der Waals surface area contributed by atoms with Crippen molar-refractivity contribution in [1.29, 1.82) is 0 Å². The summed E-state index contributed by atoms with van der Waals surface area (Å²) >= 11 is 2.07. The van der Waals surface area contributed by atoms with E-state index >= 15 is 0 Å². The molecule has 0 radical (unpaired) electrons. The van der Waals surface area contributed by atoms with Gasteiger partial charge in [0.1, 0.15) is 0 Å². The largest absolute Gasteiger partial charge is 0.385 e. The fraction of sp³-hybridized carbons (Fsp3) is 1.00. The first kappa shape index (κ1) is 12.3. The molecule has 1 heterocycles.